The van der Waals surface area contributed by atoms with Crippen LogP contribution >= 0.6 is 0 Å². The lowest BCUT2D eigenvalue weighted by atomic mass is 9.89. The quantitative estimate of drug-likeness (QED) is 0.809. The van der Waals surface area contributed by atoms with E-state index in [0.717, 1.165) is 12.1 Å². The van der Waals surface area contributed by atoms with Gasteiger partial charge in [-0.15, -0.1) is 0 Å². The van der Waals surface area contributed by atoms with Gasteiger partial charge in [0.2, 0.25) is 10.0 Å². The predicted molar refractivity (Wildman–Crippen MR) is 77.1 cm³/mol. The molecule has 0 aliphatic rings. The zero-order valence-electron chi connectivity index (χ0n) is 12.4. The average Bonchev–Trinajstić information content (AvgIpc) is 2.40. The highest BCUT2D eigenvalue weighted by Crippen LogP contribution is 2.20. The molecule has 2 atom stereocenters. The van der Waals surface area contributed by atoms with Gasteiger partial charge in [-0.25, -0.2) is 21.9 Å². The molecule has 0 heterocycles. The largest absolute Gasteiger partial charge is 0.389 e. The fourth-order valence-electron chi connectivity index (χ4n) is 1.78. The summed E-state index contributed by atoms with van der Waals surface area (Å²) in [6, 6.07) is 3.18. The highest BCUT2D eigenvalue weighted by atomic mass is 32.2. The van der Waals surface area contributed by atoms with Crippen molar-refractivity contribution in [3.8, 4) is 0 Å². The van der Waals surface area contributed by atoms with Crippen molar-refractivity contribution < 1.29 is 22.3 Å². The van der Waals surface area contributed by atoms with Crippen molar-refractivity contribution >= 4 is 10.0 Å². The van der Waals surface area contributed by atoms with E-state index < -0.39 is 38.6 Å². The Hall–Kier alpha value is -1.05. The number of hydrogen-bond acceptors (Lipinski definition) is 3. The van der Waals surface area contributed by atoms with Crippen LogP contribution < -0.4 is 4.72 Å². The first-order valence-corrected chi connectivity index (χ1v) is 8.37. The van der Waals surface area contributed by atoms with Crippen LogP contribution in [0.4, 0.5) is 8.78 Å². The molecule has 0 saturated heterocycles. The van der Waals surface area contributed by atoms with Gasteiger partial charge in [0.15, 0.2) is 0 Å². The number of sulfonamides is 1. The number of benzene rings is 1. The van der Waals surface area contributed by atoms with Gasteiger partial charge in [-0.3, -0.25) is 0 Å². The summed E-state index contributed by atoms with van der Waals surface area (Å²) >= 11 is 0. The lowest BCUT2D eigenvalue weighted by Gasteiger charge is -2.29. The van der Waals surface area contributed by atoms with E-state index in [4.69, 9.17) is 0 Å². The fraction of sp³-hybridized carbons (Fsp3) is 0.571. The Balaban J connectivity index is 2.80. The fourth-order valence-corrected chi connectivity index (χ4v) is 3.05. The Kier molecular flexibility index (Phi) is 5.83. The minimum atomic E-state index is -3.94. The van der Waals surface area contributed by atoms with Crippen LogP contribution in [0.15, 0.2) is 18.2 Å². The first kappa shape index (κ1) is 18.0. The number of nitrogens with one attached hydrogen (secondary N) is 1. The van der Waals surface area contributed by atoms with Crippen LogP contribution in [-0.2, 0) is 15.8 Å². The summed E-state index contributed by atoms with van der Waals surface area (Å²) in [5, 5.41) is 10.1. The molecule has 2 N–H and O–H groups in total. The molecule has 0 saturated carbocycles. The Morgan fingerprint density at radius 3 is 2.33 bits per heavy atom. The second-order valence-electron chi connectivity index (χ2n) is 5.45. The van der Waals surface area contributed by atoms with Crippen LogP contribution in [0.3, 0.4) is 0 Å². The van der Waals surface area contributed by atoms with Crippen LogP contribution in [-0.4, -0.2) is 25.7 Å². The SMILES string of the molecule is CCC(C)C(C)(O)CNS(=O)(=O)Cc1c(F)cccc1F. The molecule has 1 aromatic rings. The van der Waals surface area contributed by atoms with Crippen molar-refractivity contribution in [3.63, 3.8) is 0 Å². The molecule has 0 radical (unpaired) electrons. The van der Waals surface area contributed by atoms with Gasteiger partial charge < -0.3 is 5.11 Å². The molecule has 1 rings (SSSR count). The van der Waals surface area contributed by atoms with E-state index >= 15 is 0 Å². The third kappa shape index (κ3) is 5.01. The van der Waals surface area contributed by atoms with Gasteiger partial charge in [0, 0.05) is 12.1 Å². The van der Waals surface area contributed by atoms with Crippen LogP contribution in [0.5, 0.6) is 0 Å². The highest BCUT2D eigenvalue weighted by molar-refractivity contribution is 7.88. The second kappa shape index (κ2) is 6.81. The minimum absolute atomic E-state index is 0.120. The topological polar surface area (TPSA) is 66.4 Å². The first-order chi connectivity index (χ1) is 9.59. The predicted octanol–water partition coefficient (Wildman–Crippen LogP) is 2.18. The van der Waals surface area contributed by atoms with Gasteiger partial charge >= 0.3 is 0 Å². The van der Waals surface area contributed by atoms with E-state index in [1.165, 1.54) is 13.0 Å². The minimum Gasteiger partial charge on any atom is -0.389 e. The summed E-state index contributed by atoms with van der Waals surface area (Å²) in [5.74, 6) is -2.74. The van der Waals surface area contributed by atoms with E-state index in [9.17, 15) is 22.3 Å². The monoisotopic (exact) mass is 321 g/mol. The van der Waals surface area contributed by atoms with Crippen molar-refractivity contribution in [1.82, 2.24) is 4.72 Å². The normalized spacial score (nSPS) is 16.5. The summed E-state index contributed by atoms with van der Waals surface area (Å²) in [4.78, 5) is 0. The van der Waals surface area contributed by atoms with Gasteiger partial charge in [-0.2, -0.15) is 0 Å². The van der Waals surface area contributed by atoms with Crippen LogP contribution in [0.1, 0.15) is 32.8 Å². The number of rotatable bonds is 7. The Morgan fingerprint density at radius 1 is 1.33 bits per heavy atom. The maximum absolute atomic E-state index is 13.5. The molecule has 1 aromatic carbocycles. The number of hydrogen-bond donors (Lipinski definition) is 2. The lowest BCUT2D eigenvalue weighted by molar-refractivity contribution is 0.0102. The molecule has 120 valence electrons. The van der Waals surface area contributed by atoms with Crippen LogP contribution in [0, 0.1) is 17.6 Å². The number of aliphatic hydroxyl groups is 1. The standard InChI is InChI=1S/C14H21F2NO3S/c1-4-10(2)14(3,18)9-17-21(19,20)8-11-12(15)6-5-7-13(11)16/h5-7,10,17-18H,4,8-9H2,1-3H3. The molecule has 0 amide bonds. The average molecular weight is 321 g/mol. The van der Waals surface area contributed by atoms with Gasteiger partial charge in [0.05, 0.1) is 11.4 Å². The molecule has 0 spiro atoms. The van der Waals surface area contributed by atoms with E-state index in [1.54, 1.807) is 6.92 Å². The summed E-state index contributed by atoms with van der Waals surface area (Å²) in [6.07, 6.45) is 0.677. The Labute approximate surface area is 124 Å². The lowest BCUT2D eigenvalue weighted by Crippen LogP contribution is -2.45. The molecule has 0 fully saturated rings. The van der Waals surface area contributed by atoms with Crippen molar-refractivity contribution in [2.75, 3.05) is 6.54 Å². The molecular weight excluding hydrogens is 300 g/mol. The summed E-state index contributed by atoms with van der Waals surface area (Å²) < 4.78 is 52.9. The molecule has 0 aromatic heterocycles. The maximum Gasteiger partial charge on any atom is 0.216 e. The summed E-state index contributed by atoms with van der Waals surface area (Å²) in [5.41, 5.74) is -1.73. The Bertz CT molecular complexity index is 568. The highest BCUT2D eigenvalue weighted by Gasteiger charge is 2.29. The van der Waals surface area contributed by atoms with E-state index in [0.29, 0.717) is 6.42 Å². The molecule has 4 nitrogen and oxygen atoms in total. The first-order valence-electron chi connectivity index (χ1n) is 6.71. The molecule has 0 aliphatic carbocycles. The molecule has 0 aliphatic heterocycles. The van der Waals surface area contributed by atoms with Crippen molar-refractivity contribution in [3.05, 3.63) is 35.4 Å². The van der Waals surface area contributed by atoms with E-state index in [-0.39, 0.29) is 12.5 Å². The second-order valence-corrected chi connectivity index (χ2v) is 7.25. The third-order valence-corrected chi connectivity index (χ3v) is 4.97. The van der Waals surface area contributed by atoms with Crippen molar-refractivity contribution in [2.24, 2.45) is 5.92 Å². The van der Waals surface area contributed by atoms with Crippen molar-refractivity contribution in [2.45, 2.75) is 38.5 Å². The van der Waals surface area contributed by atoms with Gasteiger partial charge in [0.1, 0.15) is 11.6 Å². The van der Waals surface area contributed by atoms with Gasteiger partial charge in [-0.05, 0) is 25.0 Å². The summed E-state index contributed by atoms with van der Waals surface area (Å²) in [6.45, 7) is 4.99. The van der Waals surface area contributed by atoms with Gasteiger partial charge in [-0.1, -0.05) is 26.3 Å². The Morgan fingerprint density at radius 2 is 1.86 bits per heavy atom. The smallest absolute Gasteiger partial charge is 0.216 e. The molecular formula is C14H21F2NO3S. The third-order valence-electron chi connectivity index (χ3n) is 3.72. The van der Waals surface area contributed by atoms with Crippen molar-refractivity contribution in [1.29, 1.82) is 0 Å². The number of halogens is 2. The van der Waals surface area contributed by atoms with E-state index in [2.05, 4.69) is 4.72 Å². The van der Waals surface area contributed by atoms with Gasteiger partial charge in [0.25, 0.3) is 0 Å². The molecule has 2 unspecified atom stereocenters. The zero-order chi connectivity index (χ0) is 16.3. The van der Waals surface area contributed by atoms with Crippen LogP contribution in [0.25, 0.3) is 0 Å². The maximum atomic E-state index is 13.5. The van der Waals surface area contributed by atoms with E-state index in [1.807, 2.05) is 6.92 Å². The molecule has 7 heteroatoms. The molecule has 0 bridgehead atoms. The summed E-state index contributed by atoms with van der Waals surface area (Å²) in [7, 11) is -3.94. The molecule has 21 heavy (non-hydrogen) atoms. The zero-order valence-corrected chi connectivity index (χ0v) is 13.2. The van der Waals surface area contributed by atoms with Crippen LogP contribution in [0.2, 0.25) is 0 Å².